The molecule has 0 unspecified atom stereocenters. The largest absolute Gasteiger partial charge is 0.416 e. The lowest BCUT2D eigenvalue weighted by atomic mass is 9.97. The lowest BCUT2D eigenvalue weighted by Gasteiger charge is -2.11. The first-order valence-corrected chi connectivity index (χ1v) is 6.95. The standard InChI is InChI=1S/C15H9F4IO/c1-8-6-9(15(17,18)19)2-4-11(8)14(21)12-5-3-10(16)7-13(12)20/h2-7H,1H3. The van der Waals surface area contributed by atoms with E-state index in [-0.39, 0.29) is 16.7 Å². The van der Waals surface area contributed by atoms with Gasteiger partial charge in [0.15, 0.2) is 5.78 Å². The quantitative estimate of drug-likeness (QED) is 0.389. The van der Waals surface area contributed by atoms with Gasteiger partial charge in [-0.2, -0.15) is 13.2 Å². The van der Waals surface area contributed by atoms with Crippen molar-refractivity contribution in [2.45, 2.75) is 13.1 Å². The van der Waals surface area contributed by atoms with Crippen LogP contribution in [0.15, 0.2) is 36.4 Å². The van der Waals surface area contributed by atoms with Gasteiger partial charge in [0.1, 0.15) is 5.82 Å². The normalized spacial score (nSPS) is 11.5. The summed E-state index contributed by atoms with van der Waals surface area (Å²) in [5.41, 5.74) is -0.132. The van der Waals surface area contributed by atoms with Crippen LogP contribution in [-0.4, -0.2) is 5.78 Å². The second-order valence-electron chi connectivity index (χ2n) is 4.48. The number of ketones is 1. The average Bonchev–Trinajstić information content (AvgIpc) is 2.36. The third kappa shape index (κ3) is 3.42. The summed E-state index contributed by atoms with van der Waals surface area (Å²) >= 11 is 1.82. The van der Waals surface area contributed by atoms with Crippen molar-refractivity contribution >= 4 is 28.4 Å². The van der Waals surface area contributed by atoms with Crippen LogP contribution in [0.1, 0.15) is 27.0 Å². The molecule has 0 bridgehead atoms. The van der Waals surface area contributed by atoms with Crippen molar-refractivity contribution in [2.24, 2.45) is 0 Å². The first-order chi connectivity index (χ1) is 9.70. The predicted octanol–water partition coefficient (Wildman–Crippen LogP) is 4.99. The fourth-order valence-electron chi connectivity index (χ4n) is 1.91. The zero-order chi connectivity index (χ0) is 15.8. The maximum atomic E-state index is 13.0. The van der Waals surface area contributed by atoms with Gasteiger partial charge in [0.25, 0.3) is 0 Å². The molecule has 0 saturated heterocycles. The van der Waals surface area contributed by atoms with Crippen molar-refractivity contribution in [3.05, 3.63) is 68.0 Å². The molecule has 0 aromatic heterocycles. The van der Waals surface area contributed by atoms with Crippen LogP contribution in [0.25, 0.3) is 0 Å². The Labute approximate surface area is 132 Å². The molecular weight excluding hydrogens is 399 g/mol. The van der Waals surface area contributed by atoms with Crippen LogP contribution >= 0.6 is 22.6 Å². The van der Waals surface area contributed by atoms with Crippen LogP contribution in [0.3, 0.4) is 0 Å². The molecule has 0 amide bonds. The summed E-state index contributed by atoms with van der Waals surface area (Å²) in [6, 6.07) is 6.64. The van der Waals surface area contributed by atoms with E-state index >= 15 is 0 Å². The number of carbonyl (C=O) groups excluding carboxylic acids is 1. The average molecular weight is 408 g/mol. The van der Waals surface area contributed by atoms with E-state index in [2.05, 4.69) is 0 Å². The molecule has 0 fully saturated rings. The van der Waals surface area contributed by atoms with Crippen LogP contribution in [0.5, 0.6) is 0 Å². The van der Waals surface area contributed by atoms with E-state index in [9.17, 15) is 22.4 Å². The van der Waals surface area contributed by atoms with Crippen LogP contribution in [0, 0.1) is 16.3 Å². The van der Waals surface area contributed by atoms with Crippen molar-refractivity contribution in [1.29, 1.82) is 0 Å². The molecule has 0 heterocycles. The summed E-state index contributed by atoms with van der Waals surface area (Å²) in [7, 11) is 0. The lowest BCUT2D eigenvalue weighted by Crippen LogP contribution is -2.10. The highest BCUT2D eigenvalue weighted by atomic mass is 127. The van der Waals surface area contributed by atoms with Crippen LogP contribution in [-0.2, 0) is 6.18 Å². The number of hydrogen-bond donors (Lipinski definition) is 0. The van der Waals surface area contributed by atoms with Crippen molar-refractivity contribution in [1.82, 2.24) is 0 Å². The predicted molar refractivity (Wildman–Crippen MR) is 78.7 cm³/mol. The molecular formula is C15H9F4IO. The Morgan fingerprint density at radius 3 is 2.19 bits per heavy atom. The maximum Gasteiger partial charge on any atom is 0.416 e. The van der Waals surface area contributed by atoms with Gasteiger partial charge in [0.2, 0.25) is 0 Å². The second-order valence-corrected chi connectivity index (χ2v) is 5.64. The summed E-state index contributed by atoms with van der Waals surface area (Å²) in [4.78, 5) is 12.4. The van der Waals surface area contributed by atoms with Gasteiger partial charge in [-0.1, -0.05) is 6.07 Å². The Morgan fingerprint density at radius 1 is 1.05 bits per heavy atom. The number of halogens is 5. The molecule has 0 aliphatic carbocycles. The molecule has 2 aromatic rings. The lowest BCUT2D eigenvalue weighted by molar-refractivity contribution is -0.137. The van der Waals surface area contributed by atoms with E-state index in [1.54, 1.807) is 0 Å². The van der Waals surface area contributed by atoms with E-state index in [4.69, 9.17) is 0 Å². The summed E-state index contributed by atoms with van der Waals surface area (Å²) in [5.74, 6) is -0.897. The van der Waals surface area contributed by atoms with E-state index in [0.29, 0.717) is 3.57 Å². The Morgan fingerprint density at radius 2 is 1.67 bits per heavy atom. The third-order valence-corrected chi connectivity index (χ3v) is 3.87. The Hall–Kier alpha value is -1.44. The summed E-state index contributed by atoms with van der Waals surface area (Å²) in [5, 5.41) is 0. The number of alkyl halides is 3. The Balaban J connectivity index is 2.45. The molecule has 0 aliphatic rings. The van der Waals surface area contributed by atoms with Gasteiger partial charge in [-0.25, -0.2) is 4.39 Å². The monoisotopic (exact) mass is 408 g/mol. The zero-order valence-corrected chi connectivity index (χ0v) is 12.9. The highest BCUT2D eigenvalue weighted by Crippen LogP contribution is 2.31. The van der Waals surface area contributed by atoms with Crippen LogP contribution in [0.2, 0.25) is 0 Å². The van der Waals surface area contributed by atoms with Gasteiger partial charge in [-0.15, -0.1) is 0 Å². The van der Waals surface area contributed by atoms with Gasteiger partial charge in [0.05, 0.1) is 5.56 Å². The number of aryl methyl sites for hydroxylation is 1. The number of carbonyl (C=O) groups is 1. The van der Waals surface area contributed by atoms with Gasteiger partial charge >= 0.3 is 6.18 Å². The molecule has 21 heavy (non-hydrogen) atoms. The molecule has 2 rings (SSSR count). The molecule has 110 valence electrons. The van der Waals surface area contributed by atoms with E-state index in [1.165, 1.54) is 19.1 Å². The summed E-state index contributed by atoms with van der Waals surface area (Å²) in [6.45, 7) is 1.44. The third-order valence-electron chi connectivity index (χ3n) is 2.97. The SMILES string of the molecule is Cc1cc(C(F)(F)F)ccc1C(=O)c1ccc(F)cc1I. The first-order valence-electron chi connectivity index (χ1n) is 5.88. The Kier molecular flexibility index (Phi) is 4.36. The molecule has 0 spiro atoms. The van der Waals surface area contributed by atoms with Crippen molar-refractivity contribution in [3.63, 3.8) is 0 Å². The molecule has 0 aliphatic heterocycles. The minimum atomic E-state index is -4.45. The number of benzene rings is 2. The topological polar surface area (TPSA) is 17.1 Å². The maximum absolute atomic E-state index is 13.0. The Bertz CT molecular complexity index is 707. The fourth-order valence-corrected chi connectivity index (χ4v) is 2.64. The van der Waals surface area contributed by atoms with E-state index < -0.39 is 23.3 Å². The van der Waals surface area contributed by atoms with Gasteiger partial charge in [-0.05, 0) is 65.4 Å². The molecule has 0 saturated carbocycles. The van der Waals surface area contributed by atoms with Gasteiger partial charge in [-0.3, -0.25) is 4.79 Å². The summed E-state index contributed by atoms with van der Waals surface area (Å²) < 4.78 is 51.3. The smallest absolute Gasteiger partial charge is 0.289 e. The van der Waals surface area contributed by atoms with Crippen molar-refractivity contribution in [2.75, 3.05) is 0 Å². The number of hydrogen-bond acceptors (Lipinski definition) is 1. The molecule has 2 aromatic carbocycles. The molecule has 0 radical (unpaired) electrons. The second kappa shape index (κ2) is 5.75. The molecule has 1 nitrogen and oxygen atoms in total. The molecule has 6 heteroatoms. The van der Waals surface area contributed by atoms with E-state index in [1.807, 2.05) is 22.6 Å². The molecule has 0 atom stereocenters. The van der Waals surface area contributed by atoms with E-state index in [0.717, 1.165) is 24.3 Å². The van der Waals surface area contributed by atoms with Crippen molar-refractivity contribution < 1.29 is 22.4 Å². The fraction of sp³-hybridized carbons (Fsp3) is 0.133. The number of rotatable bonds is 2. The van der Waals surface area contributed by atoms with Gasteiger partial charge < -0.3 is 0 Å². The van der Waals surface area contributed by atoms with Crippen LogP contribution < -0.4 is 0 Å². The first kappa shape index (κ1) is 15.9. The summed E-state index contributed by atoms with van der Waals surface area (Å²) in [6.07, 6.45) is -4.45. The zero-order valence-electron chi connectivity index (χ0n) is 10.8. The molecule has 0 N–H and O–H groups in total. The van der Waals surface area contributed by atoms with Crippen molar-refractivity contribution in [3.8, 4) is 0 Å². The van der Waals surface area contributed by atoms with Crippen LogP contribution in [0.4, 0.5) is 17.6 Å². The minimum absolute atomic E-state index is 0.174. The van der Waals surface area contributed by atoms with Gasteiger partial charge in [0, 0.05) is 14.7 Å². The highest BCUT2D eigenvalue weighted by molar-refractivity contribution is 14.1. The highest BCUT2D eigenvalue weighted by Gasteiger charge is 2.31. The minimum Gasteiger partial charge on any atom is -0.289 e.